The van der Waals surface area contributed by atoms with E-state index in [9.17, 15) is 18.4 Å². The molecule has 0 aliphatic carbocycles. The molecule has 0 saturated carbocycles. The van der Waals surface area contributed by atoms with Crippen LogP contribution in [0.1, 0.15) is 12.0 Å². The van der Waals surface area contributed by atoms with Crippen molar-refractivity contribution < 1.29 is 13.6 Å². The number of anilines is 5. The highest BCUT2D eigenvalue weighted by atomic mass is 19.3. The summed E-state index contributed by atoms with van der Waals surface area (Å²) in [5.41, 5.74) is 3.62. The maximum absolute atomic E-state index is 14.2. The molecular formula is C29H31F2N9O2. The number of para-hydroxylation sites is 1. The van der Waals surface area contributed by atoms with E-state index in [4.69, 9.17) is 0 Å². The zero-order valence-electron chi connectivity index (χ0n) is 23.2. The lowest BCUT2D eigenvalue weighted by Gasteiger charge is -2.38. The number of carbonyl (C=O) groups excluding carboxylic acids is 1. The molecule has 1 amide bonds. The molecule has 11 nitrogen and oxygen atoms in total. The Morgan fingerprint density at radius 3 is 2.79 bits per heavy atom. The van der Waals surface area contributed by atoms with Crippen molar-refractivity contribution >= 4 is 45.6 Å². The Bertz CT molecular complexity index is 1720. The van der Waals surface area contributed by atoms with Gasteiger partial charge in [0.25, 0.3) is 17.9 Å². The molecular weight excluding hydrogens is 544 g/mol. The first-order valence-electron chi connectivity index (χ1n) is 13.8. The molecule has 4 aromatic rings. The molecule has 0 spiro atoms. The van der Waals surface area contributed by atoms with Gasteiger partial charge in [-0.25, -0.2) is 13.8 Å². The largest absolute Gasteiger partial charge is 0.333 e. The second-order valence-corrected chi connectivity index (χ2v) is 10.4. The third-order valence-electron chi connectivity index (χ3n) is 7.65. The van der Waals surface area contributed by atoms with Crippen LogP contribution in [0.3, 0.4) is 0 Å². The predicted octanol–water partition coefficient (Wildman–Crippen LogP) is 3.68. The maximum atomic E-state index is 14.2. The fraction of sp³-hybridized carbons (Fsp3) is 0.345. The first-order chi connectivity index (χ1) is 20.3. The molecule has 218 valence electrons. The standard InChI is InChI=1S/C29H31F2N9O2/c1-3-25(41)39-13-12-38(22-7-4-6-19(2)26(22)39)23-14-20-15-32-29-34-21-16-33-37(17-21)11-10-36(18-24(30)31)8-5-9-40(28(23)42)27(20)35-29/h3-4,6-7,14-17,24H,1,5,8-13,18H2,2H3,(H,32,34,35). The lowest BCUT2D eigenvalue weighted by atomic mass is 10.1. The fourth-order valence-corrected chi connectivity index (χ4v) is 5.70. The second kappa shape index (κ2) is 11.3. The molecule has 13 heteroatoms. The predicted molar refractivity (Wildman–Crippen MR) is 157 cm³/mol. The Balaban J connectivity index is 1.46. The smallest absolute Gasteiger partial charge is 0.276 e. The zero-order valence-corrected chi connectivity index (χ0v) is 23.2. The first-order valence-corrected chi connectivity index (χ1v) is 13.8. The average molecular weight is 576 g/mol. The Morgan fingerprint density at radius 2 is 1.98 bits per heavy atom. The van der Waals surface area contributed by atoms with Gasteiger partial charge in [0, 0.05) is 50.5 Å². The average Bonchev–Trinajstić information content (AvgIpc) is 3.42. The number of halogens is 2. The highest BCUT2D eigenvalue weighted by molar-refractivity contribution is 6.05. The Hall–Kier alpha value is -4.65. The van der Waals surface area contributed by atoms with Crippen LogP contribution in [0.25, 0.3) is 11.0 Å². The third-order valence-corrected chi connectivity index (χ3v) is 7.65. The topological polar surface area (TPSA) is 104 Å². The molecule has 0 atom stereocenters. The number of amides is 1. The van der Waals surface area contributed by atoms with Crippen LogP contribution in [0.15, 0.2) is 60.3 Å². The van der Waals surface area contributed by atoms with Crippen LogP contribution in [0.4, 0.5) is 37.5 Å². The summed E-state index contributed by atoms with van der Waals surface area (Å²) in [5.74, 6) is 0.110. The van der Waals surface area contributed by atoms with Crippen LogP contribution in [0, 0.1) is 6.92 Å². The minimum atomic E-state index is -2.48. The van der Waals surface area contributed by atoms with E-state index in [0.29, 0.717) is 67.5 Å². The third kappa shape index (κ3) is 5.22. The molecule has 2 aliphatic rings. The van der Waals surface area contributed by atoms with Gasteiger partial charge in [-0.05, 0) is 37.1 Å². The van der Waals surface area contributed by atoms with E-state index in [1.54, 1.807) is 43.7 Å². The Kier molecular flexibility index (Phi) is 7.42. The van der Waals surface area contributed by atoms with E-state index in [0.717, 1.165) is 16.9 Å². The van der Waals surface area contributed by atoms with E-state index in [1.165, 1.54) is 6.08 Å². The number of nitrogens with one attached hydrogen (secondary N) is 1. The van der Waals surface area contributed by atoms with Crippen molar-refractivity contribution in [1.82, 2.24) is 29.2 Å². The number of hydrogen-bond donors (Lipinski definition) is 1. The van der Waals surface area contributed by atoms with Crippen LogP contribution in [0.2, 0.25) is 0 Å². The van der Waals surface area contributed by atoms with Gasteiger partial charge in [-0.2, -0.15) is 10.1 Å². The van der Waals surface area contributed by atoms with Crippen molar-refractivity contribution in [3.8, 4) is 0 Å². The number of nitrogens with zero attached hydrogens (tertiary/aromatic N) is 8. The van der Waals surface area contributed by atoms with Crippen molar-refractivity contribution in [2.75, 3.05) is 47.8 Å². The lowest BCUT2D eigenvalue weighted by molar-refractivity contribution is -0.114. The highest BCUT2D eigenvalue weighted by Crippen LogP contribution is 2.39. The minimum absolute atomic E-state index is 0.207. The molecule has 0 saturated heterocycles. The number of hydrogen-bond acceptors (Lipinski definition) is 8. The number of carbonyl (C=O) groups is 1. The maximum Gasteiger partial charge on any atom is 0.276 e. The van der Waals surface area contributed by atoms with Gasteiger partial charge in [0.1, 0.15) is 11.3 Å². The summed E-state index contributed by atoms with van der Waals surface area (Å²) in [6, 6.07) is 7.49. The molecule has 1 N–H and O–H groups in total. The van der Waals surface area contributed by atoms with Crippen LogP contribution in [-0.4, -0.2) is 74.3 Å². The minimum Gasteiger partial charge on any atom is -0.333 e. The summed E-state index contributed by atoms with van der Waals surface area (Å²) in [6.07, 6.45) is 4.33. The van der Waals surface area contributed by atoms with Gasteiger partial charge >= 0.3 is 0 Å². The van der Waals surface area contributed by atoms with Gasteiger partial charge in [-0.3, -0.25) is 23.7 Å². The number of pyridine rings is 1. The molecule has 0 fully saturated rings. The van der Waals surface area contributed by atoms with Gasteiger partial charge in [0.15, 0.2) is 0 Å². The van der Waals surface area contributed by atoms with Crippen LogP contribution in [0.5, 0.6) is 0 Å². The van der Waals surface area contributed by atoms with Gasteiger partial charge in [-0.1, -0.05) is 18.7 Å². The number of rotatable bonds is 4. The van der Waals surface area contributed by atoms with E-state index in [-0.39, 0.29) is 24.6 Å². The second-order valence-electron chi connectivity index (χ2n) is 10.4. The summed E-state index contributed by atoms with van der Waals surface area (Å²) in [7, 11) is 0. The van der Waals surface area contributed by atoms with Gasteiger partial charge in [-0.15, -0.1) is 0 Å². The molecule has 5 heterocycles. The van der Waals surface area contributed by atoms with E-state index in [2.05, 4.69) is 27.0 Å². The molecule has 2 aliphatic heterocycles. The number of aromatic nitrogens is 5. The summed E-state index contributed by atoms with van der Waals surface area (Å²) in [6.45, 7) is 7.45. The Morgan fingerprint density at radius 1 is 1.12 bits per heavy atom. The molecule has 6 rings (SSSR count). The highest BCUT2D eigenvalue weighted by Gasteiger charge is 2.30. The molecule has 1 aromatic carbocycles. The SMILES string of the molecule is C=CC(=O)N1CCN(c2cc3cnc4nc3n(c2=O)CCCN(CC(F)F)CCn2cc(cn2)N4)c2cccc(C)c21. The monoisotopic (exact) mass is 575 g/mol. The molecule has 3 aromatic heterocycles. The lowest BCUT2D eigenvalue weighted by Crippen LogP contribution is -2.44. The quantitative estimate of drug-likeness (QED) is 0.368. The number of benzene rings is 1. The van der Waals surface area contributed by atoms with Crippen LogP contribution >= 0.6 is 0 Å². The molecule has 0 radical (unpaired) electrons. The summed E-state index contributed by atoms with van der Waals surface area (Å²) >= 11 is 0. The number of fused-ring (bicyclic) bond motifs is 4. The molecule has 42 heavy (non-hydrogen) atoms. The van der Waals surface area contributed by atoms with Crippen LogP contribution < -0.4 is 20.7 Å². The van der Waals surface area contributed by atoms with Gasteiger partial charge < -0.3 is 15.1 Å². The zero-order chi connectivity index (χ0) is 29.4. The van der Waals surface area contributed by atoms with Gasteiger partial charge in [0.05, 0.1) is 36.3 Å². The molecule has 4 bridgehead atoms. The van der Waals surface area contributed by atoms with Crippen molar-refractivity contribution in [1.29, 1.82) is 0 Å². The Labute approximate surface area is 240 Å². The number of aryl methyl sites for hydroxylation is 2. The van der Waals surface area contributed by atoms with Crippen LogP contribution in [-0.2, 0) is 17.9 Å². The normalized spacial score (nSPS) is 15.9. The van der Waals surface area contributed by atoms with Crippen molar-refractivity contribution in [3.63, 3.8) is 0 Å². The van der Waals surface area contributed by atoms with Crippen molar-refractivity contribution in [3.05, 3.63) is 71.4 Å². The fourth-order valence-electron chi connectivity index (χ4n) is 5.70. The first kappa shape index (κ1) is 27.5. The van der Waals surface area contributed by atoms with E-state index in [1.807, 2.05) is 30.0 Å². The molecule has 0 unspecified atom stereocenters. The summed E-state index contributed by atoms with van der Waals surface area (Å²) in [4.78, 5) is 41.4. The van der Waals surface area contributed by atoms with Crippen molar-refractivity contribution in [2.24, 2.45) is 0 Å². The van der Waals surface area contributed by atoms with Crippen molar-refractivity contribution in [2.45, 2.75) is 32.9 Å². The van der Waals surface area contributed by atoms with E-state index < -0.39 is 6.43 Å². The van der Waals surface area contributed by atoms with E-state index >= 15 is 0 Å². The summed E-state index contributed by atoms with van der Waals surface area (Å²) < 4.78 is 30.0. The summed E-state index contributed by atoms with van der Waals surface area (Å²) in [5, 5.41) is 8.10. The number of alkyl halides is 2. The van der Waals surface area contributed by atoms with Gasteiger partial charge in [0.2, 0.25) is 5.95 Å².